The predicted molar refractivity (Wildman–Crippen MR) is 131 cm³/mol. The van der Waals surface area contributed by atoms with E-state index in [2.05, 4.69) is 0 Å². The average molecular weight is 447 g/mol. The summed E-state index contributed by atoms with van der Waals surface area (Å²) in [5, 5.41) is 0. The summed E-state index contributed by atoms with van der Waals surface area (Å²) in [5.41, 5.74) is 0.898. The first kappa shape index (κ1) is 21.3. The van der Waals surface area contributed by atoms with Gasteiger partial charge in [-0.1, -0.05) is 97.1 Å². The van der Waals surface area contributed by atoms with Crippen LogP contribution >= 0.6 is 0 Å². The molecular formula is C29H22N2O3. The van der Waals surface area contributed by atoms with Crippen LogP contribution in [0.1, 0.15) is 22.3 Å². The monoisotopic (exact) mass is 446 g/mol. The summed E-state index contributed by atoms with van der Waals surface area (Å²) in [6.45, 7) is 0. The number of amides is 2. The second-order valence-electron chi connectivity index (χ2n) is 8.10. The highest BCUT2D eigenvalue weighted by Crippen LogP contribution is 2.47. The van der Waals surface area contributed by atoms with E-state index in [0.29, 0.717) is 22.5 Å². The molecule has 4 aromatic rings. The normalized spacial score (nSPS) is 14.9. The number of anilines is 2. The molecule has 5 heteroatoms. The number of rotatable bonds is 6. The number of hydrogen-bond acceptors (Lipinski definition) is 3. The molecule has 4 aromatic carbocycles. The average Bonchev–Trinajstić information content (AvgIpc) is 3.12. The van der Waals surface area contributed by atoms with Gasteiger partial charge < -0.3 is 0 Å². The first-order valence-corrected chi connectivity index (χ1v) is 11.1. The van der Waals surface area contributed by atoms with Crippen LogP contribution in [0.5, 0.6) is 0 Å². The van der Waals surface area contributed by atoms with Crippen LogP contribution in [0.25, 0.3) is 0 Å². The highest BCUT2D eigenvalue weighted by molar-refractivity contribution is 6.49. The van der Waals surface area contributed by atoms with Gasteiger partial charge in [0, 0.05) is 16.9 Å². The van der Waals surface area contributed by atoms with Crippen molar-refractivity contribution in [2.75, 3.05) is 9.80 Å². The van der Waals surface area contributed by atoms with Crippen molar-refractivity contribution in [3.63, 3.8) is 0 Å². The summed E-state index contributed by atoms with van der Waals surface area (Å²) >= 11 is 0. The minimum Gasteiger partial charge on any atom is -0.294 e. The molecule has 0 aromatic heterocycles. The van der Waals surface area contributed by atoms with E-state index in [9.17, 15) is 14.4 Å². The minimum absolute atomic E-state index is 0.109. The maximum absolute atomic E-state index is 13.7. The Hall–Kier alpha value is -4.51. The molecule has 5 nitrogen and oxygen atoms in total. The lowest BCUT2D eigenvalue weighted by Crippen LogP contribution is -2.53. The zero-order chi connectivity index (χ0) is 23.5. The maximum Gasteiger partial charge on any atom is 0.319 e. The Labute approximate surface area is 197 Å². The second kappa shape index (κ2) is 8.79. The van der Waals surface area contributed by atoms with Gasteiger partial charge in [0.05, 0.1) is 6.42 Å². The summed E-state index contributed by atoms with van der Waals surface area (Å²) in [4.78, 5) is 43.9. The molecule has 0 radical (unpaired) electrons. The van der Waals surface area contributed by atoms with Crippen molar-refractivity contribution in [1.82, 2.24) is 0 Å². The molecule has 0 unspecified atom stereocenters. The Morgan fingerprint density at radius 1 is 0.559 bits per heavy atom. The third-order valence-corrected chi connectivity index (χ3v) is 6.10. The molecule has 0 N–H and O–H groups in total. The largest absolute Gasteiger partial charge is 0.319 e. The molecule has 1 aliphatic rings. The molecule has 166 valence electrons. The van der Waals surface area contributed by atoms with Crippen LogP contribution in [0.2, 0.25) is 0 Å². The Morgan fingerprint density at radius 2 is 0.941 bits per heavy atom. The van der Waals surface area contributed by atoms with Crippen LogP contribution in [-0.4, -0.2) is 17.6 Å². The van der Waals surface area contributed by atoms with E-state index in [1.54, 1.807) is 48.5 Å². The third kappa shape index (κ3) is 3.48. The van der Waals surface area contributed by atoms with Crippen molar-refractivity contribution < 1.29 is 14.4 Å². The van der Waals surface area contributed by atoms with Gasteiger partial charge in [-0.25, -0.2) is 0 Å². The van der Waals surface area contributed by atoms with Crippen LogP contribution in [0.15, 0.2) is 121 Å². The van der Waals surface area contributed by atoms with Crippen LogP contribution < -0.4 is 9.80 Å². The summed E-state index contributed by atoms with van der Waals surface area (Å²) in [6.07, 6.45) is -0.109. The van der Waals surface area contributed by atoms with Gasteiger partial charge in [-0.2, -0.15) is 0 Å². The van der Waals surface area contributed by atoms with Crippen molar-refractivity contribution in [2.45, 2.75) is 12.1 Å². The number of Topliss-reactive ketones (excluding diaryl/α,β-unsaturated/α-hetero) is 1. The van der Waals surface area contributed by atoms with Gasteiger partial charge in [0.15, 0.2) is 11.4 Å². The lowest BCUT2D eigenvalue weighted by Gasteiger charge is -2.43. The number of carbonyl (C=O) groups is 3. The molecule has 0 aliphatic carbocycles. The predicted octanol–water partition coefficient (Wildman–Crippen LogP) is 5.19. The van der Waals surface area contributed by atoms with Crippen molar-refractivity contribution in [3.05, 3.63) is 132 Å². The smallest absolute Gasteiger partial charge is 0.294 e. The van der Waals surface area contributed by atoms with Crippen molar-refractivity contribution in [2.24, 2.45) is 0 Å². The molecule has 1 fully saturated rings. The van der Waals surface area contributed by atoms with Gasteiger partial charge in [0.2, 0.25) is 0 Å². The molecule has 0 bridgehead atoms. The summed E-state index contributed by atoms with van der Waals surface area (Å²) in [6, 6.07) is 36.3. The van der Waals surface area contributed by atoms with Gasteiger partial charge in [0.1, 0.15) is 0 Å². The van der Waals surface area contributed by atoms with E-state index < -0.39 is 17.5 Å². The second-order valence-corrected chi connectivity index (χ2v) is 8.10. The third-order valence-electron chi connectivity index (χ3n) is 6.10. The number of nitrogens with zero attached hydrogens (tertiary/aromatic N) is 2. The summed E-state index contributed by atoms with van der Waals surface area (Å²) < 4.78 is 0. The van der Waals surface area contributed by atoms with Crippen molar-refractivity contribution >= 4 is 29.0 Å². The molecule has 2 amide bonds. The summed E-state index contributed by atoms with van der Waals surface area (Å²) in [5.74, 6) is -1.53. The highest BCUT2D eigenvalue weighted by Gasteiger charge is 2.59. The van der Waals surface area contributed by atoms with Gasteiger partial charge in [-0.05, 0) is 29.8 Å². The van der Waals surface area contributed by atoms with Gasteiger partial charge >= 0.3 is 11.8 Å². The van der Waals surface area contributed by atoms with E-state index in [1.165, 1.54) is 9.80 Å². The van der Waals surface area contributed by atoms with E-state index in [1.807, 2.05) is 72.8 Å². The molecule has 1 saturated heterocycles. The number of para-hydroxylation sites is 2. The van der Waals surface area contributed by atoms with Gasteiger partial charge in [0.25, 0.3) is 0 Å². The molecule has 0 spiro atoms. The Bertz CT molecular complexity index is 1270. The molecule has 1 heterocycles. The first-order valence-electron chi connectivity index (χ1n) is 11.1. The molecule has 5 rings (SSSR count). The highest BCUT2D eigenvalue weighted by atomic mass is 16.2. The van der Waals surface area contributed by atoms with Crippen molar-refractivity contribution in [3.8, 4) is 0 Å². The topological polar surface area (TPSA) is 57.7 Å². The lowest BCUT2D eigenvalue weighted by molar-refractivity contribution is -0.133. The number of hydrogen-bond donors (Lipinski definition) is 0. The fourth-order valence-electron chi connectivity index (χ4n) is 4.62. The van der Waals surface area contributed by atoms with Gasteiger partial charge in [-0.3, -0.25) is 24.2 Å². The Kier molecular flexibility index (Phi) is 5.52. The fourth-order valence-corrected chi connectivity index (χ4v) is 4.62. The van der Waals surface area contributed by atoms with Crippen LogP contribution in [0, 0.1) is 0 Å². The maximum atomic E-state index is 13.7. The van der Waals surface area contributed by atoms with Gasteiger partial charge in [-0.15, -0.1) is 0 Å². The summed E-state index contributed by atoms with van der Waals surface area (Å²) in [7, 11) is 0. The fraction of sp³-hybridized carbons (Fsp3) is 0.0690. The molecule has 0 atom stereocenters. The molecule has 0 saturated carbocycles. The van der Waals surface area contributed by atoms with E-state index in [4.69, 9.17) is 0 Å². The Balaban J connectivity index is 1.80. The van der Waals surface area contributed by atoms with Crippen LogP contribution in [0.4, 0.5) is 11.4 Å². The van der Waals surface area contributed by atoms with Crippen LogP contribution in [-0.2, 0) is 15.3 Å². The van der Waals surface area contributed by atoms with E-state index in [0.717, 1.165) is 0 Å². The zero-order valence-electron chi connectivity index (χ0n) is 18.4. The van der Waals surface area contributed by atoms with E-state index >= 15 is 0 Å². The van der Waals surface area contributed by atoms with Crippen molar-refractivity contribution in [1.29, 1.82) is 0 Å². The number of carbonyl (C=O) groups excluding carboxylic acids is 3. The number of ketones is 1. The quantitative estimate of drug-likeness (QED) is 0.302. The Morgan fingerprint density at radius 3 is 1.38 bits per heavy atom. The van der Waals surface area contributed by atoms with Crippen LogP contribution in [0.3, 0.4) is 0 Å². The first-order chi connectivity index (χ1) is 16.6. The zero-order valence-corrected chi connectivity index (χ0v) is 18.4. The number of benzene rings is 4. The molecular weight excluding hydrogens is 424 g/mol. The SMILES string of the molecule is O=C(CC1(c2ccccc2)N(c2ccccc2)C(=O)C(=O)N1c1ccccc1)c1ccccc1. The minimum atomic E-state index is -1.38. The molecule has 1 aliphatic heterocycles. The lowest BCUT2D eigenvalue weighted by atomic mass is 9.88. The standard InChI is InChI=1S/C29H22N2O3/c32-26(22-13-5-1-6-14-22)21-29(23-15-7-2-8-16-23)30(24-17-9-3-10-18-24)27(33)28(34)31(29)25-19-11-4-12-20-25/h1-20H,21H2. The van der Waals surface area contributed by atoms with E-state index in [-0.39, 0.29) is 12.2 Å². The molecule has 34 heavy (non-hydrogen) atoms.